The zero-order valence-electron chi connectivity index (χ0n) is 9.47. The van der Waals surface area contributed by atoms with Crippen LogP contribution in [0.1, 0.15) is 0 Å². The van der Waals surface area contributed by atoms with Crippen molar-refractivity contribution in [2.24, 2.45) is 0 Å². The van der Waals surface area contributed by atoms with E-state index in [1.165, 1.54) is 0 Å². The zero-order valence-corrected chi connectivity index (χ0v) is 10.3. The maximum Gasteiger partial charge on any atom is 0.217 e. The van der Waals surface area contributed by atoms with Crippen LogP contribution in [-0.2, 0) is 14.6 Å². The summed E-state index contributed by atoms with van der Waals surface area (Å²) in [7, 11) is 0.708. The van der Waals surface area contributed by atoms with Gasteiger partial charge in [0.2, 0.25) is 10.4 Å². The Labute approximate surface area is 92.2 Å². The molecule has 90 valence electrons. The van der Waals surface area contributed by atoms with E-state index in [0.717, 1.165) is 24.7 Å². The molecule has 0 amide bonds. The van der Waals surface area contributed by atoms with Crippen molar-refractivity contribution in [1.82, 2.24) is 0 Å². The number of nitrogens with zero attached hydrogens (tertiary/aromatic N) is 1. The molecule has 0 saturated heterocycles. The van der Waals surface area contributed by atoms with Gasteiger partial charge in [0.15, 0.2) is 0 Å². The molecule has 0 unspecified atom stereocenters. The highest BCUT2D eigenvalue weighted by Crippen LogP contribution is 1.95. The molecule has 5 nitrogen and oxygen atoms in total. The van der Waals surface area contributed by atoms with Gasteiger partial charge in [-0.15, -0.1) is 0 Å². The Balaban J connectivity index is 0. The number of likely N-dealkylation sites (N-methyl/N-ethyl adjacent to an activating group) is 1. The monoisotopic (exact) mass is 237 g/mol. The van der Waals surface area contributed by atoms with Gasteiger partial charge in [-0.1, -0.05) is 13.2 Å². The van der Waals surface area contributed by atoms with E-state index < -0.39 is 10.4 Å². The molecular weight excluding hydrogens is 218 g/mol. The highest BCUT2D eigenvalue weighted by Gasteiger charge is 2.07. The van der Waals surface area contributed by atoms with E-state index in [0.29, 0.717) is 0 Å². The minimum absolute atomic E-state index is 0.808. The van der Waals surface area contributed by atoms with Crippen molar-refractivity contribution in [1.29, 1.82) is 0 Å². The Bertz CT molecular complexity index is 270. The Morgan fingerprint density at radius 1 is 1.27 bits per heavy atom. The maximum atomic E-state index is 9.22. The third-order valence-corrected chi connectivity index (χ3v) is 1.86. The van der Waals surface area contributed by atoms with E-state index in [-0.39, 0.29) is 0 Å². The summed E-state index contributed by atoms with van der Waals surface area (Å²) >= 11 is 0. The summed E-state index contributed by atoms with van der Waals surface area (Å²) in [6, 6.07) is 0. The molecule has 0 aliphatic heterocycles. The molecule has 0 atom stereocenters. The van der Waals surface area contributed by atoms with E-state index in [1.807, 2.05) is 12.2 Å². The van der Waals surface area contributed by atoms with Gasteiger partial charge in [0.25, 0.3) is 0 Å². The fourth-order valence-corrected chi connectivity index (χ4v) is 0.774. The van der Waals surface area contributed by atoms with Gasteiger partial charge < -0.3 is 9.04 Å². The highest BCUT2D eigenvalue weighted by atomic mass is 32.3. The largest absolute Gasteiger partial charge is 0.726 e. The van der Waals surface area contributed by atoms with Crippen LogP contribution in [0.4, 0.5) is 0 Å². The second-order valence-electron chi connectivity index (χ2n) is 3.45. The molecule has 0 bridgehead atoms. The second kappa shape index (κ2) is 7.58. The summed E-state index contributed by atoms with van der Waals surface area (Å²) in [5.74, 6) is 0. The lowest BCUT2D eigenvalue weighted by Crippen LogP contribution is -2.39. The van der Waals surface area contributed by atoms with Crippen LogP contribution in [0.5, 0.6) is 0 Å². The molecule has 6 heteroatoms. The van der Waals surface area contributed by atoms with Gasteiger partial charge in [0.1, 0.15) is 0 Å². The molecule has 0 aromatic rings. The van der Waals surface area contributed by atoms with Gasteiger partial charge in [-0.2, -0.15) is 0 Å². The summed E-state index contributed by atoms with van der Waals surface area (Å²) in [4.78, 5) is 0. The van der Waals surface area contributed by atoms with Crippen molar-refractivity contribution < 1.29 is 21.6 Å². The molecule has 0 aromatic heterocycles. The maximum absolute atomic E-state index is 9.22. The Kier molecular flexibility index (Phi) is 8.46. The molecule has 0 spiro atoms. The lowest BCUT2D eigenvalue weighted by molar-refractivity contribution is -0.878. The van der Waals surface area contributed by atoms with Crippen molar-refractivity contribution in [3.8, 4) is 0 Å². The third kappa shape index (κ3) is 16.0. The third-order valence-electron chi connectivity index (χ3n) is 1.45. The fourth-order valence-electron chi connectivity index (χ4n) is 0.774. The predicted molar refractivity (Wildman–Crippen MR) is 58.9 cm³/mol. The fraction of sp³-hybridized carbons (Fsp3) is 0.556. The molecule has 0 rings (SSSR count). The number of quaternary nitrogens is 1. The molecule has 0 heterocycles. The smallest absolute Gasteiger partial charge is 0.217 e. The van der Waals surface area contributed by atoms with Crippen molar-refractivity contribution in [2.45, 2.75) is 0 Å². The van der Waals surface area contributed by atoms with Gasteiger partial charge >= 0.3 is 0 Å². The summed E-state index contributed by atoms with van der Waals surface area (Å²) < 4.78 is 32.0. The zero-order chi connectivity index (χ0) is 12.5. The van der Waals surface area contributed by atoms with E-state index in [2.05, 4.69) is 31.4 Å². The first-order chi connectivity index (χ1) is 6.68. The molecule has 15 heavy (non-hydrogen) atoms. The van der Waals surface area contributed by atoms with Crippen LogP contribution in [0.3, 0.4) is 0 Å². The standard InChI is InChI=1S/C8H16N.CH4O4S/c1-5-7-9(3,4)8-6-2;1-5-6(2,3)4/h5-6H,1-2,7-8H2,3-4H3;1H3,(H,2,3,4)/q+1;/p-1. The van der Waals surface area contributed by atoms with Crippen LogP contribution >= 0.6 is 0 Å². The first-order valence-corrected chi connectivity index (χ1v) is 5.57. The summed E-state index contributed by atoms with van der Waals surface area (Å²) in [6.45, 7) is 9.37. The van der Waals surface area contributed by atoms with Crippen molar-refractivity contribution in [3.63, 3.8) is 0 Å². The van der Waals surface area contributed by atoms with Gasteiger partial charge in [0.05, 0.1) is 34.3 Å². The number of rotatable bonds is 5. The van der Waals surface area contributed by atoms with Crippen LogP contribution in [0.25, 0.3) is 0 Å². The molecule has 0 fully saturated rings. The van der Waals surface area contributed by atoms with Crippen molar-refractivity contribution in [3.05, 3.63) is 25.3 Å². The van der Waals surface area contributed by atoms with E-state index in [4.69, 9.17) is 0 Å². The topological polar surface area (TPSA) is 66.4 Å². The van der Waals surface area contributed by atoms with Gasteiger partial charge in [0, 0.05) is 0 Å². The minimum atomic E-state index is -4.41. The molecule has 0 N–H and O–H groups in total. The van der Waals surface area contributed by atoms with E-state index in [1.54, 1.807) is 0 Å². The van der Waals surface area contributed by atoms with Gasteiger partial charge in [-0.25, -0.2) is 8.42 Å². The van der Waals surface area contributed by atoms with Gasteiger partial charge in [-0.05, 0) is 12.2 Å². The molecule has 0 radical (unpaired) electrons. The van der Waals surface area contributed by atoms with Crippen molar-refractivity contribution >= 4 is 10.4 Å². The van der Waals surface area contributed by atoms with Crippen molar-refractivity contribution in [2.75, 3.05) is 34.3 Å². The summed E-state index contributed by atoms with van der Waals surface area (Å²) in [5.41, 5.74) is 0. The average molecular weight is 237 g/mol. The quantitative estimate of drug-likeness (QED) is 0.303. The first-order valence-electron chi connectivity index (χ1n) is 4.23. The Morgan fingerprint density at radius 3 is 1.67 bits per heavy atom. The average Bonchev–Trinajstić information content (AvgIpc) is 2.03. The van der Waals surface area contributed by atoms with E-state index >= 15 is 0 Å². The normalized spacial score (nSPS) is 11.2. The van der Waals surface area contributed by atoms with E-state index in [9.17, 15) is 13.0 Å². The lowest BCUT2D eigenvalue weighted by Gasteiger charge is -2.26. The van der Waals surface area contributed by atoms with Gasteiger partial charge in [-0.3, -0.25) is 4.18 Å². The van der Waals surface area contributed by atoms with Crippen LogP contribution < -0.4 is 0 Å². The second-order valence-corrected chi connectivity index (χ2v) is 4.60. The van der Waals surface area contributed by atoms with Crippen LogP contribution in [0, 0.1) is 0 Å². The summed E-state index contributed by atoms with van der Waals surface area (Å²) in [6.07, 6.45) is 3.87. The Hall–Kier alpha value is -0.690. The van der Waals surface area contributed by atoms with Crippen LogP contribution in [0.2, 0.25) is 0 Å². The molecular formula is C9H19NO4S. The lowest BCUT2D eigenvalue weighted by atomic mass is 10.4. The molecule has 0 aromatic carbocycles. The summed E-state index contributed by atoms with van der Waals surface area (Å²) in [5, 5.41) is 0. The minimum Gasteiger partial charge on any atom is -0.726 e. The predicted octanol–water partition coefficient (Wildman–Crippen LogP) is 0.528. The number of hydrogen-bond donors (Lipinski definition) is 0. The molecule has 0 aliphatic rings. The molecule has 0 aliphatic carbocycles. The van der Waals surface area contributed by atoms with Crippen LogP contribution in [-0.4, -0.2) is 51.7 Å². The number of hydrogen-bond acceptors (Lipinski definition) is 4. The SMILES string of the molecule is C=CC[N+](C)(C)CC=C.COS(=O)(=O)[O-]. The Morgan fingerprint density at radius 2 is 1.53 bits per heavy atom. The molecule has 0 saturated carbocycles. The first kappa shape index (κ1) is 16.7. The van der Waals surface area contributed by atoms with Crippen LogP contribution in [0.15, 0.2) is 25.3 Å². The highest BCUT2D eigenvalue weighted by molar-refractivity contribution is 7.80.